The topological polar surface area (TPSA) is 85.1 Å². The molecule has 0 atom stereocenters. The van der Waals surface area contributed by atoms with Crippen molar-refractivity contribution in [1.82, 2.24) is 10.1 Å². The van der Waals surface area contributed by atoms with Crippen molar-refractivity contribution < 1.29 is 34.9 Å². The molecule has 3 aromatic rings. The lowest BCUT2D eigenvalue weighted by Crippen LogP contribution is -2.14. The average Bonchev–Trinajstić information content (AvgIpc) is 3.12. The highest BCUT2D eigenvalue weighted by molar-refractivity contribution is 7.92. The molecular formula is C17H10F5N3O3S. The summed E-state index contributed by atoms with van der Waals surface area (Å²) >= 11 is 0. The van der Waals surface area contributed by atoms with E-state index in [1.165, 1.54) is 30.3 Å². The first-order valence-corrected chi connectivity index (χ1v) is 9.20. The minimum atomic E-state index is -4.78. The zero-order chi connectivity index (χ0) is 21.2. The first-order valence-electron chi connectivity index (χ1n) is 7.71. The first kappa shape index (κ1) is 20.5. The van der Waals surface area contributed by atoms with Gasteiger partial charge in [0.05, 0.1) is 10.6 Å². The standard InChI is InChI=1S/C17H10F5N3O3S/c18-11-5-6-14(13(19)9-11)25-29(26,27)12-3-1-2-10(8-12)4-7-15-23-16(28-24-15)17(20,21)22/h1-9,25H/b7-4+. The van der Waals surface area contributed by atoms with Gasteiger partial charge in [0, 0.05) is 6.07 Å². The molecule has 0 spiro atoms. The van der Waals surface area contributed by atoms with E-state index >= 15 is 0 Å². The third-order valence-corrected chi connectivity index (χ3v) is 4.82. The van der Waals surface area contributed by atoms with Gasteiger partial charge >= 0.3 is 12.1 Å². The van der Waals surface area contributed by atoms with Gasteiger partial charge in [0.25, 0.3) is 10.0 Å². The van der Waals surface area contributed by atoms with Gasteiger partial charge in [-0.25, -0.2) is 17.2 Å². The van der Waals surface area contributed by atoms with E-state index in [4.69, 9.17) is 0 Å². The van der Waals surface area contributed by atoms with Crippen molar-refractivity contribution in [2.45, 2.75) is 11.1 Å². The smallest absolute Gasteiger partial charge is 0.329 e. The second-order valence-electron chi connectivity index (χ2n) is 5.59. The van der Waals surface area contributed by atoms with Gasteiger partial charge in [0.2, 0.25) is 0 Å². The third kappa shape index (κ3) is 4.96. The monoisotopic (exact) mass is 431 g/mol. The summed E-state index contributed by atoms with van der Waals surface area (Å²) in [4.78, 5) is 2.89. The first-order chi connectivity index (χ1) is 13.5. The van der Waals surface area contributed by atoms with Crippen LogP contribution in [0.4, 0.5) is 27.6 Å². The molecule has 0 fully saturated rings. The number of nitrogens with zero attached hydrogens (tertiary/aromatic N) is 2. The van der Waals surface area contributed by atoms with Gasteiger partial charge in [-0.05, 0) is 35.9 Å². The molecule has 6 nitrogen and oxygen atoms in total. The highest BCUT2D eigenvalue weighted by Crippen LogP contribution is 2.27. The molecule has 0 unspecified atom stereocenters. The second kappa shape index (κ2) is 7.62. The van der Waals surface area contributed by atoms with Crippen LogP contribution in [0, 0.1) is 11.6 Å². The Hall–Kier alpha value is -3.28. The fourth-order valence-electron chi connectivity index (χ4n) is 2.15. The lowest BCUT2D eigenvalue weighted by atomic mass is 10.2. The number of alkyl halides is 3. The largest absolute Gasteiger partial charge is 0.471 e. The zero-order valence-electron chi connectivity index (χ0n) is 14.1. The van der Waals surface area contributed by atoms with Crippen LogP contribution in [0.15, 0.2) is 51.9 Å². The van der Waals surface area contributed by atoms with Crippen LogP contribution in [0.1, 0.15) is 17.3 Å². The van der Waals surface area contributed by atoms with Gasteiger partial charge in [-0.1, -0.05) is 23.4 Å². The number of aromatic nitrogens is 2. The summed E-state index contributed by atoms with van der Waals surface area (Å²) in [6.07, 6.45) is -2.42. The molecular weight excluding hydrogens is 421 g/mol. The predicted molar refractivity (Wildman–Crippen MR) is 91.8 cm³/mol. The Kier molecular flexibility index (Phi) is 5.38. The highest BCUT2D eigenvalue weighted by Gasteiger charge is 2.38. The molecule has 0 radical (unpaired) electrons. The molecule has 0 saturated heterocycles. The Morgan fingerprint density at radius 1 is 1.03 bits per heavy atom. The maximum Gasteiger partial charge on any atom is 0.471 e. The number of hydrogen-bond acceptors (Lipinski definition) is 5. The quantitative estimate of drug-likeness (QED) is 0.608. The van der Waals surface area contributed by atoms with Crippen molar-refractivity contribution in [3.05, 3.63) is 71.4 Å². The number of rotatable bonds is 5. The lowest BCUT2D eigenvalue weighted by Gasteiger charge is -2.09. The molecule has 1 heterocycles. The summed E-state index contributed by atoms with van der Waals surface area (Å²) in [5, 5.41) is 3.15. The molecule has 29 heavy (non-hydrogen) atoms. The van der Waals surface area contributed by atoms with E-state index in [1.54, 1.807) is 0 Å². The van der Waals surface area contributed by atoms with Crippen LogP contribution in [-0.4, -0.2) is 18.6 Å². The predicted octanol–water partition coefficient (Wildman–Crippen LogP) is 4.34. The van der Waals surface area contributed by atoms with Gasteiger partial charge in [0.15, 0.2) is 5.82 Å². The van der Waals surface area contributed by atoms with Crippen molar-refractivity contribution in [1.29, 1.82) is 0 Å². The van der Waals surface area contributed by atoms with E-state index < -0.39 is 39.4 Å². The fraction of sp³-hybridized carbons (Fsp3) is 0.0588. The van der Waals surface area contributed by atoms with Crippen LogP contribution in [-0.2, 0) is 16.2 Å². The maximum absolute atomic E-state index is 13.7. The van der Waals surface area contributed by atoms with Crippen molar-refractivity contribution >= 4 is 27.9 Å². The maximum atomic E-state index is 13.7. The van der Waals surface area contributed by atoms with Gasteiger partial charge in [-0.15, -0.1) is 0 Å². The Morgan fingerprint density at radius 2 is 1.79 bits per heavy atom. The van der Waals surface area contributed by atoms with Crippen molar-refractivity contribution in [3.8, 4) is 0 Å². The molecule has 0 bridgehead atoms. The van der Waals surface area contributed by atoms with Gasteiger partial charge in [-0.2, -0.15) is 18.2 Å². The van der Waals surface area contributed by atoms with Gasteiger partial charge in [0.1, 0.15) is 11.6 Å². The summed E-state index contributed by atoms with van der Waals surface area (Å²) < 4.78 is 94.8. The van der Waals surface area contributed by atoms with Gasteiger partial charge < -0.3 is 4.52 Å². The normalized spacial score (nSPS) is 12.4. The average molecular weight is 431 g/mol. The Labute approximate surface area is 160 Å². The number of hydrogen-bond donors (Lipinski definition) is 1. The highest BCUT2D eigenvalue weighted by atomic mass is 32.2. The van der Waals surface area contributed by atoms with E-state index in [1.807, 2.05) is 4.72 Å². The zero-order valence-corrected chi connectivity index (χ0v) is 14.9. The molecule has 2 aromatic carbocycles. The Morgan fingerprint density at radius 3 is 2.45 bits per heavy atom. The minimum Gasteiger partial charge on any atom is -0.329 e. The number of halogens is 5. The second-order valence-corrected chi connectivity index (χ2v) is 7.27. The summed E-state index contributed by atoms with van der Waals surface area (Å²) in [6, 6.07) is 7.59. The SMILES string of the molecule is O=S(=O)(Nc1ccc(F)cc1F)c1cccc(/C=C/c2noc(C(F)(F)F)n2)c1. The van der Waals surface area contributed by atoms with Crippen LogP contribution in [0.3, 0.4) is 0 Å². The van der Waals surface area contributed by atoms with Gasteiger partial charge in [-0.3, -0.25) is 4.72 Å². The minimum absolute atomic E-state index is 0.257. The molecule has 0 aliphatic heterocycles. The molecule has 1 aromatic heterocycles. The van der Waals surface area contributed by atoms with Crippen LogP contribution < -0.4 is 4.72 Å². The Balaban J connectivity index is 1.82. The van der Waals surface area contributed by atoms with E-state index in [9.17, 15) is 30.4 Å². The summed E-state index contributed by atoms with van der Waals surface area (Å²) in [5.74, 6) is -3.84. The molecule has 152 valence electrons. The summed E-state index contributed by atoms with van der Waals surface area (Å²) in [5.41, 5.74) is -0.162. The van der Waals surface area contributed by atoms with Crippen molar-refractivity contribution in [2.75, 3.05) is 4.72 Å². The van der Waals surface area contributed by atoms with Crippen LogP contribution in [0.5, 0.6) is 0 Å². The van der Waals surface area contributed by atoms with Crippen LogP contribution in [0.2, 0.25) is 0 Å². The van der Waals surface area contributed by atoms with Crippen molar-refractivity contribution in [2.24, 2.45) is 0 Å². The Bertz CT molecular complexity index is 1170. The molecule has 3 rings (SSSR count). The van der Waals surface area contributed by atoms with E-state index in [2.05, 4.69) is 14.7 Å². The summed E-state index contributed by atoms with van der Waals surface area (Å²) in [7, 11) is -4.21. The molecule has 1 N–H and O–H groups in total. The van der Waals surface area contributed by atoms with Crippen molar-refractivity contribution in [3.63, 3.8) is 0 Å². The van der Waals surface area contributed by atoms with E-state index in [0.717, 1.165) is 18.2 Å². The number of benzene rings is 2. The fourth-order valence-corrected chi connectivity index (χ4v) is 3.27. The molecule has 12 heteroatoms. The number of sulfonamides is 1. The van der Waals surface area contributed by atoms with E-state index in [-0.39, 0.29) is 16.3 Å². The van der Waals surface area contributed by atoms with Crippen LogP contribution >= 0.6 is 0 Å². The van der Waals surface area contributed by atoms with E-state index in [0.29, 0.717) is 6.07 Å². The number of anilines is 1. The molecule has 0 aliphatic carbocycles. The lowest BCUT2D eigenvalue weighted by molar-refractivity contribution is -0.159. The van der Waals surface area contributed by atoms with Crippen LogP contribution in [0.25, 0.3) is 12.2 Å². The molecule has 0 amide bonds. The summed E-state index contributed by atoms with van der Waals surface area (Å²) in [6.45, 7) is 0. The number of nitrogens with one attached hydrogen (secondary N) is 1. The molecule has 0 aliphatic rings. The third-order valence-electron chi connectivity index (χ3n) is 3.45. The molecule has 0 saturated carbocycles.